The molecule has 1 amide bonds. The molecule has 1 fully saturated rings. The number of nitrogens with zero attached hydrogens (tertiary/aromatic N) is 1. The summed E-state index contributed by atoms with van der Waals surface area (Å²) >= 11 is 0. The van der Waals surface area contributed by atoms with Gasteiger partial charge in [-0.3, -0.25) is 4.79 Å². The number of hydrogen-bond donors (Lipinski definition) is 1. The van der Waals surface area contributed by atoms with Crippen molar-refractivity contribution in [3.05, 3.63) is 69.4 Å². The molecule has 0 saturated carbocycles. The molecule has 5 nitrogen and oxygen atoms in total. The van der Waals surface area contributed by atoms with Crippen molar-refractivity contribution in [3.8, 4) is 0 Å². The zero-order chi connectivity index (χ0) is 19.7. The van der Waals surface area contributed by atoms with Gasteiger partial charge in [-0.05, 0) is 55.9 Å². The van der Waals surface area contributed by atoms with Crippen LogP contribution in [0.3, 0.4) is 0 Å². The molecule has 1 aliphatic rings. The third-order valence-electron chi connectivity index (χ3n) is 5.84. The lowest BCUT2D eigenvalue weighted by Gasteiger charge is -2.23. The Morgan fingerprint density at radius 2 is 2.11 bits per heavy atom. The van der Waals surface area contributed by atoms with Crippen LogP contribution in [-0.2, 0) is 12.8 Å². The molecule has 28 heavy (non-hydrogen) atoms. The number of aromatic amines is 1. The van der Waals surface area contributed by atoms with Crippen molar-refractivity contribution in [2.75, 3.05) is 6.54 Å². The first-order valence-corrected chi connectivity index (χ1v) is 10.1. The molecule has 1 aromatic carbocycles. The van der Waals surface area contributed by atoms with Crippen LogP contribution in [0.1, 0.15) is 53.4 Å². The van der Waals surface area contributed by atoms with E-state index < -0.39 is 5.63 Å². The summed E-state index contributed by atoms with van der Waals surface area (Å²) in [5.41, 5.74) is 2.68. The molecule has 0 aliphatic carbocycles. The number of rotatable bonds is 5. The second kappa shape index (κ2) is 7.66. The van der Waals surface area contributed by atoms with Gasteiger partial charge in [-0.1, -0.05) is 25.1 Å². The number of fused-ring (bicyclic) bond motifs is 1. The second-order valence-electron chi connectivity index (χ2n) is 7.62. The van der Waals surface area contributed by atoms with Crippen LogP contribution in [0.15, 0.2) is 45.7 Å². The molecule has 1 unspecified atom stereocenters. The number of H-pyrrole nitrogens is 1. The molecule has 146 valence electrons. The summed E-state index contributed by atoms with van der Waals surface area (Å²) in [6.45, 7) is 4.63. The smallest absolute Gasteiger partial charge is 0.349 e. The summed E-state index contributed by atoms with van der Waals surface area (Å²) in [5.74, 6) is 0.441. The molecule has 1 N–H and O–H groups in total. The normalized spacial score (nSPS) is 16.8. The minimum Gasteiger partial charge on any atom is -0.427 e. The molecule has 1 atom stereocenters. The maximum absolute atomic E-state index is 12.9. The quantitative estimate of drug-likeness (QED) is 0.722. The van der Waals surface area contributed by atoms with E-state index in [9.17, 15) is 9.59 Å². The Bertz CT molecular complexity index is 1060. The molecule has 0 radical (unpaired) electrons. The van der Waals surface area contributed by atoms with E-state index in [0.717, 1.165) is 37.7 Å². The van der Waals surface area contributed by atoms with Crippen molar-refractivity contribution < 1.29 is 9.21 Å². The first-order valence-electron chi connectivity index (χ1n) is 10.1. The van der Waals surface area contributed by atoms with Crippen LogP contribution in [0.25, 0.3) is 10.9 Å². The maximum Gasteiger partial charge on any atom is 0.349 e. The Morgan fingerprint density at radius 1 is 1.29 bits per heavy atom. The van der Waals surface area contributed by atoms with Crippen molar-refractivity contribution in [1.82, 2.24) is 9.88 Å². The van der Waals surface area contributed by atoms with Crippen molar-refractivity contribution in [3.63, 3.8) is 0 Å². The van der Waals surface area contributed by atoms with Gasteiger partial charge in [0.25, 0.3) is 5.91 Å². The van der Waals surface area contributed by atoms with Crippen molar-refractivity contribution >= 4 is 16.8 Å². The Kier molecular flexibility index (Phi) is 5.07. The fraction of sp³-hybridized carbons (Fsp3) is 0.391. The number of hydrogen-bond acceptors (Lipinski definition) is 3. The van der Waals surface area contributed by atoms with E-state index in [2.05, 4.69) is 18.0 Å². The molecular weight excluding hydrogens is 352 g/mol. The first kappa shape index (κ1) is 18.5. The number of benzene rings is 1. The van der Waals surface area contributed by atoms with Crippen LogP contribution < -0.4 is 5.63 Å². The molecule has 0 bridgehead atoms. The Hall–Kier alpha value is -2.82. The van der Waals surface area contributed by atoms with Gasteiger partial charge in [-0.15, -0.1) is 0 Å². The molecule has 0 spiro atoms. The monoisotopic (exact) mass is 378 g/mol. The van der Waals surface area contributed by atoms with Crippen LogP contribution in [0.2, 0.25) is 0 Å². The third-order valence-corrected chi connectivity index (χ3v) is 5.84. The fourth-order valence-corrected chi connectivity index (χ4v) is 4.32. The van der Waals surface area contributed by atoms with Crippen molar-refractivity contribution in [2.24, 2.45) is 0 Å². The summed E-state index contributed by atoms with van der Waals surface area (Å²) in [5, 5.41) is 1.19. The van der Waals surface area contributed by atoms with E-state index in [4.69, 9.17) is 4.42 Å². The molecular formula is C23H26N2O3. The summed E-state index contributed by atoms with van der Waals surface area (Å²) in [6, 6.07) is 10.2. The molecule has 4 rings (SSSR count). The van der Waals surface area contributed by atoms with Crippen LogP contribution in [0, 0.1) is 6.92 Å². The average molecular weight is 378 g/mol. The number of amides is 1. The zero-order valence-electron chi connectivity index (χ0n) is 16.5. The van der Waals surface area contributed by atoms with Gasteiger partial charge in [0.15, 0.2) is 0 Å². The van der Waals surface area contributed by atoms with Crippen LogP contribution in [0.4, 0.5) is 0 Å². The van der Waals surface area contributed by atoms with Crippen LogP contribution in [-0.4, -0.2) is 28.4 Å². The van der Waals surface area contributed by atoms with E-state index in [1.807, 2.05) is 42.3 Å². The van der Waals surface area contributed by atoms with E-state index in [1.165, 1.54) is 10.9 Å². The second-order valence-corrected chi connectivity index (χ2v) is 7.62. The van der Waals surface area contributed by atoms with Gasteiger partial charge in [0, 0.05) is 36.1 Å². The number of aryl methyl sites for hydroxylation is 3. The number of likely N-dealkylation sites (tertiary alicyclic amines) is 1. The Labute approximate surface area is 164 Å². The Morgan fingerprint density at radius 3 is 2.89 bits per heavy atom. The lowest BCUT2D eigenvalue weighted by molar-refractivity contribution is 0.0727. The summed E-state index contributed by atoms with van der Waals surface area (Å²) < 4.78 is 5.54. The highest BCUT2D eigenvalue weighted by Gasteiger charge is 2.31. The van der Waals surface area contributed by atoms with E-state index in [0.29, 0.717) is 17.7 Å². The standard InChI is InChI=1S/C23H26N2O3/c1-3-17-7-6-12-25(17)22(26)21-15(2)13-18(28-23(21)27)11-10-16-14-24-20-9-5-4-8-19(16)20/h4-5,8-9,13-14,17,24H,3,6-7,10-12H2,1-2H3. The highest BCUT2D eigenvalue weighted by molar-refractivity contribution is 5.95. The van der Waals surface area contributed by atoms with Crippen molar-refractivity contribution in [2.45, 2.75) is 52.0 Å². The van der Waals surface area contributed by atoms with E-state index in [1.54, 1.807) is 0 Å². The largest absolute Gasteiger partial charge is 0.427 e. The minimum atomic E-state index is -0.513. The molecule has 3 aromatic rings. The van der Waals surface area contributed by atoms with Crippen LogP contribution in [0.5, 0.6) is 0 Å². The Balaban J connectivity index is 1.54. The molecule has 1 saturated heterocycles. The van der Waals surface area contributed by atoms with Gasteiger partial charge in [0.1, 0.15) is 11.3 Å². The predicted octanol–water partition coefficient (Wildman–Crippen LogP) is 4.23. The lowest BCUT2D eigenvalue weighted by Crippen LogP contribution is -2.38. The fourth-order valence-electron chi connectivity index (χ4n) is 4.32. The number of nitrogens with one attached hydrogen (secondary N) is 1. The molecule has 2 aromatic heterocycles. The van der Waals surface area contributed by atoms with Gasteiger partial charge in [0.05, 0.1) is 0 Å². The van der Waals surface area contributed by atoms with Gasteiger partial charge in [-0.25, -0.2) is 4.79 Å². The first-order chi connectivity index (χ1) is 13.6. The van der Waals surface area contributed by atoms with Crippen LogP contribution >= 0.6 is 0 Å². The summed E-state index contributed by atoms with van der Waals surface area (Å²) in [6.07, 6.45) is 6.31. The maximum atomic E-state index is 12.9. The number of para-hydroxylation sites is 1. The van der Waals surface area contributed by atoms with E-state index >= 15 is 0 Å². The SMILES string of the molecule is CCC1CCCN1C(=O)c1c(C)cc(CCc2c[nH]c3ccccc23)oc1=O. The number of aromatic nitrogens is 1. The summed E-state index contributed by atoms with van der Waals surface area (Å²) in [7, 11) is 0. The van der Waals surface area contributed by atoms with Gasteiger partial charge >= 0.3 is 5.63 Å². The zero-order valence-corrected chi connectivity index (χ0v) is 16.5. The third kappa shape index (κ3) is 3.37. The lowest BCUT2D eigenvalue weighted by atomic mass is 10.0. The molecule has 3 heterocycles. The minimum absolute atomic E-state index is 0.182. The van der Waals surface area contributed by atoms with Gasteiger partial charge in [0.2, 0.25) is 0 Å². The molecule has 5 heteroatoms. The van der Waals surface area contributed by atoms with Gasteiger partial charge in [-0.2, -0.15) is 0 Å². The highest BCUT2D eigenvalue weighted by atomic mass is 16.4. The van der Waals surface area contributed by atoms with E-state index in [-0.39, 0.29) is 17.5 Å². The topological polar surface area (TPSA) is 66.3 Å². The summed E-state index contributed by atoms with van der Waals surface area (Å²) in [4.78, 5) is 30.6. The highest BCUT2D eigenvalue weighted by Crippen LogP contribution is 2.23. The number of carbonyl (C=O) groups is 1. The number of carbonyl (C=O) groups excluding carboxylic acids is 1. The average Bonchev–Trinajstić information content (AvgIpc) is 3.32. The van der Waals surface area contributed by atoms with Crippen molar-refractivity contribution in [1.29, 1.82) is 0 Å². The predicted molar refractivity (Wildman–Crippen MR) is 110 cm³/mol. The molecule has 1 aliphatic heterocycles. The van der Waals surface area contributed by atoms with Gasteiger partial charge < -0.3 is 14.3 Å².